The van der Waals surface area contributed by atoms with Crippen LogP contribution in [-0.4, -0.2) is 7.11 Å². The summed E-state index contributed by atoms with van der Waals surface area (Å²) < 4.78 is 6.28. The van der Waals surface area contributed by atoms with Gasteiger partial charge in [-0.05, 0) is 58.3 Å². The maximum absolute atomic E-state index is 5.83. The fourth-order valence-electron chi connectivity index (χ4n) is 3.31. The number of nitrogens with one attached hydrogen (secondary N) is 1. The zero-order valence-corrected chi connectivity index (χ0v) is 13.9. The molecule has 1 unspecified atom stereocenters. The fraction of sp³-hybridized carbons (Fsp3) is 0.625. The van der Waals surface area contributed by atoms with Crippen molar-refractivity contribution in [1.82, 2.24) is 5.43 Å². The van der Waals surface area contributed by atoms with E-state index in [2.05, 4.69) is 40.4 Å². The van der Waals surface area contributed by atoms with Gasteiger partial charge in [0, 0.05) is 6.04 Å². The van der Waals surface area contributed by atoms with Crippen molar-refractivity contribution in [3.05, 3.63) is 28.2 Å². The van der Waals surface area contributed by atoms with Crippen LogP contribution in [0.25, 0.3) is 0 Å². The molecule has 0 aliphatic heterocycles. The van der Waals surface area contributed by atoms with Gasteiger partial charge in [0.05, 0.1) is 11.6 Å². The van der Waals surface area contributed by atoms with Gasteiger partial charge in [0.2, 0.25) is 0 Å². The number of ether oxygens (including phenoxy) is 1. The highest BCUT2D eigenvalue weighted by Crippen LogP contribution is 2.39. The first-order chi connectivity index (χ1) is 9.69. The number of nitrogens with two attached hydrogens (primary N) is 1. The molecular weight excluding hydrogens is 316 g/mol. The van der Waals surface area contributed by atoms with Crippen LogP contribution in [-0.2, 0) is 0 Å². The van der Waals surface area contributed by atoms with Gasteiger partial charge in [0.1, 0.15) is 5.75 Å². The van der Waals surface area contributed by atoms with Gasteiger partial charge in [-0.15, -0.1) is 0 Å². The van der Waals surface area contributed by atoms with Crippen molar-refractivity contribution in [2.75, 3.05) is 7.11 Å². The van der Waals surface area contributed by atoms with Gasteiger partial charge in [-0.2, -0.15) is 0 Å². The lowest BCUT2D eigenvalue weighted by molar-refractivity contribution is 0.219. The van der Waals surface area contributed by atoms with Gasteiger partial charge in [0.25, 0.3) is 0 Å². The SMILES string of the molecule is CCC1CCC(C(NN)c2ccc(OC)c(Br)c2)CC1. The topological polar surface area (TPSA) is 47.3 Å². The van der Waals surface area contributed by atoms with Crippen molar-refractivity contribution >= 4 is 15.9 Å². The van der Waals surface area contributed by atoms with Crippen LogP contribution < -0.4 is 16.0 Å². The van der Waals surface area contributed by atoms with Crippen LogP contribution in [0, 0.1) is 11.8 Å². The van der Waals surface area contributed by atoms with E-state index in [1.165, 1.54) is 37.7 Å². The molecule has 0 amide bonds. The van der Waals surface area contributed by atoms with Crippen LogP contribution in [0.2, 0.25) is 0 Å². The van der Waals surface area contributed by atoms with E-state index in [-0.39, 0.29) is 6.04 Å². The van der Waals surface area contributed by atoms with Gasteiger partial charge < -0.3 is 4.74 Å². The number of hydrogen-bond donors (Lipinski definition) is 2. The van der Waals surface area contributed by atoms with E-state index < -0.39 is 0 Å². The largest absolute Gasteiger partial charge is 0.496 e. The maximum atomic E-state index is 5.83. The molecular formula is C16H25BrN2O. The van der Waals surface area contributed by atoms with E-state index >= 15 is 0 Å². The van der Waals surface area contributed by atoms with Crippen LogP contribution in [0.5, 0.6) is 5.75 Å². The van der Waals surface area contributed by atoms with Gasteiger partial charge in [0.15, 0.2) is 0 Å². The molecule has 1 aliphatic rings. The van der Waals surface area contributed by atoms with Gasteiger partial charge in [-0.1, -0.05) is 32.3 Å². The second-order valence-electron chi connectivity index (χ2n) is 5.73. The highest BCUT2D eigenvalue weighted by Gasteiger charge is 2.27. The predicted octanol–water partition coefficient (Wildman–Crippen LogP) is 4.18. The zero-order valence-electron chi connectivity index (χ0n) is 12.4. The van der Waals surface area contributed by atoms with E-state index in [1.807, 2.05) is 6.07 Å². The van der Waals surface area contributed by atoms with Crippen molar-refractivity contribution in [3.8, 4) is 5.75 Å². The van der Waals surface area contributed by atoms with Crippen molar-refractivity contribution in [3.63, 3.8) is 0 Å². The van der Waals surface area contributed by atoms with Crippen LogP contribution in [0.15, 0.2) is 22.7 Å². The van der Waals surface area contributed by atoms with E-state index in [4.69, 9.17) is 10.6 Å². The molecule has 1 saturated carbocycles. The monoisotopic (exact) mass is 340 g/mol. The molecule has 0 saturated heterocycles. The smallest absolute Gasteiger partial charge is 0.133 e. The lowest BCUT2D eigenvalue weighted by Crippen LogP contribution is -2.35. The van der Waals surface area contributed by atoms with Gasteiger partial charge in [-0.25, -0.2) is 0 Å². The van der Waals surface area contributed by atoms with E-state index in [0.29, 0.717) is 5.92 Å². The first-order valence-corrected chi connectivity index (χ1v) is 8.28. The number of rotatable bonds is 5. The summed E-state index contributed by atoms with van der Waals surface area (Å²) in [4.78, 5) is 0. The Morgan fingerprint density at radius 2 is 2.05 bits per heavy atom. The molecule has 0 bridgehead atoms. The Morgan fingerprint density at radius 3 is 2.55 bits per heavy atom. The van der Waals surface area contributed by atoms with Crippen molar-refractivity contribution < 1.29 is 4.74 Å². The van der Waals surface area contributed by atoms with Gasteiger partial charge >= 0.3 is 0 Å². The minimum Gasteiger partial charge on any atom is -0.496 e. The lowest BCUT2D eigenvalue weighted by atomic mass is 9.76. The highest BCUT2D eigenvalue weighted by molar-refractivity contribution is 9.10. The summed E-state index contributed by atoms with van der Waals surface area (Å²) in [5.74, 6) is 8.22. The quantitative estimate of drug-likeness (QED) is 0.624. The second kappa shape index (κ2) is 7.43. The minimum atomic E-state index is 0.231. The average molecular weight is 341 g/mol. The number of hydrogen-bond acceptors (Lipinski definition) is 3. The molecule has 1 atom stereocenters. The van der Waals surface area contributed by atoms with E-state index in [1.54, 1.807) is 7.11 Å². The molecule has 0 radical (unpaired) electrons. The molecule has 1 aromatic carbocycles. The highest BCUT2D eigenvalue weighted by atomic mass is 79.9. The lowest BCUT2D eigenvalue weighted by Gasteiger charge is -2.33. The predicted molar refractivity (Wildman–Crippen MR) is 86.5 cm³/mol. The number of benzene rings is 1. The summed E-state index contributed by atoms with van der Waals surface area (Å²) in [7, 11) is 1.68. The Hall–Kier alpha value is -0.580. The Kier molecular flexibility index (Phi) is 5.87. The first kappa shape index (κ1) is 15.8. The Balaban J connectivity index is 2.10. The molecule has 112 valence electrons. The summed E-state index contributed by atoms with van der Waals surface area (Å²) in [5.41, 5.74) is 4.26. The zero-order chi connectivity index (χ0) is 14.5. The first-order valence-electron chi connectivity index (χ1n) is 7.49. The minimum absolute atomic E-state index is 0.231. The third-order valence-corrected chi connectivity index (χ3v) is 5.27. The molecule has 20 heavy (non-hydrogen) atoms. The molecule has 0 spiro atoms. The number of halogens is 1. The van der Waals surface area contributed by atoms with Crippen LogP contribution >= 0.6 is 15.9 Å². The molecule has 1 aromatic rings. The third kappa shape index (κ3) is 3.54. The van der Waals surface area contributed by atoms with Gasteiger partial charge in [-0.3, -0.25) is 11.3 Å². The molecule has 0 aromatic heterocycles. The molecule has 4 heteroatoms. The molecule has 1 fully saturated rings. The second-order valence-corrected chi connectivity index (χ2v) is 6.58. The van der Waals surface area contributed by atoms with Crippen LogP contribution in [0.1, 0.15) is 50.6 Å². The normalized spacial score (nSPS) is 24.4. The average Bonchev–Trinajstić information content (AvgIpc) is 2.49. The molecule has 3 N–H and O–H groups in total. The molecule has 3 nitrogen and oxygen atoms in total. The Morgan fingerprint density at radius 1 is 1.35 bits per heavy atom. The van der Waals surface area contributed by atoms with Crippen LogP contribution in [0.3, 0.4) is 0 Å². The summed E-state index contributed by atoms with van der Waals surface area (Å²) in [6, 6.07) is 6.46. The van der Waals surface area contributed by atoms with E-state index in [0.717, 1.165) is 16.1 Å². The summed E-state index contributed by atoms with van der Waals surface area (Å²) >= 11 is 3.56. The fourth-order valence-corrected chi connectivity index (χ4v) is 3.87. The van der Waals surface area contributed by atoms with E-state index in [9.17, 15) is 0 Å². The molecule has 0 heterocycles. The molecule has 1 aliphatic carbocycles. The standard InChI is InChI=1S/C16H25BrN2O/c1-3-11-4-6-12(7-5-11)16(19-18)13-8-9-15(20-2)14(17)10-13/h8-12,16,19H,3-7,18H2,1-2H3. The number of hydrazine groups is 1. The summed E-state index contributed by atoms with van der Waals surface area (Å²) in [6.45, 7) is 2.30. The molecule has 2 rings (SSSR count). The van der Waals surface area contributed by atoms with Crippen molar-refractivity contribution in [2.45, 2.75) is 45.1 Å². The number of methoxy groups -OCH3 is 1. The van der Waals surface area contributed by atoms with Crippen molar-refractivity contribution in [2.24, 2.45) is 17.7 Å². The Labute approximate surface area is 130 Å². The van der Waals surface area contributed by atoms with Crippen LogP contribution in [0.4, 0.5) is 0 Å². The summed E-state index contributed by atoms with van der Waals surface area (Å²) in [5, 5.41) is 0. The third-order valence-electron chi connectivity index (χ3n) is 4.65. The maximum Gasteiger partial charge on any atom is 0.133 e. The summed E-state index contributed by atoms with van der Waals surface area (Å²) in [6.07, 6.45) is 6.49. The van der Waals surface area contributed by atoms with Crippen molar-refractivity contribution in [1.29, 1.82) is 0 Å². The Bertz CT molecular complexity index is 430.